The summed E-state index contributed by atoms with van der Waals surface area (Å²) in [4.78, 5) is 16.5. The van der Waals surface area contributed by atoms with E-state index in [1.54, 1.807) is 24.3 Å². The number of hydrogen-bond donors (Lipinski definition) is 10. The second-order valence-electron chi connectivity index (χ2n) is 9.78. The summed E-state index contributed by atoms with van der Waals surface area (Å²) in [6.45, 7) is 0.229. The first-order valence-electron chi connectivity index (χ1n) is 13.3. The quantitative estimate of drug-likeness (QED) is 0.0505. The van der Waals surface area contributed by atoms with E-state index in [-0.39, 0.29) is 29.5 Å². The zero-order valence-electron chi connectivity index (χ0n) is 24.1. The van der Waals surface area contributed by atoms with Crippen molar-refractivity contribution in [3.63, 3.8) is 0 Å². The predicted octanol–water partition coefficient (Wildman–Crippen LogP) is 6.47. The van der Waals surface area contributed by atoms with E-state index < -0.39 is 34.2 Å². The van der Waals surface area contributed by atoms with Gasteiger partial charge in [-0.15, -0.1) is 11.3 Å². The third-order valence-electron chi connectivity index (χ3n) is 6.36. The molecule has 0 atom stereocenters. The first kappa shape index (κ1) is 35.8. The average Bonchev–Trinajstić information content (AvgIpc) is 3.04. The highest BCUT2D eigenvalue weighted by molar-refractivity contribution is 9.10. The fourth-order valence-electron chi connectivity index (χ4n) is 3.91. The number of benzene rings is 4. The van der Waals surface area contributed by atoms with Crippen molar-refractivity contribution in [2.45, 2.75) is 6.54 Å². The van der Waals surface area contributed by atoms with Crippen molar-refractivity contribution in [2.75, 3.05) is 0 Å². The van der Waals surface area contributed by atoms with E-state index in [0.29, 0.717) is 46.1 Å². The maximum Gasteiger partial charge on any atom is 0.263 e. The highest BCUT2D eigenvalue weighted by Crippen LogP contribution is 2.37. The third kappa shape index (κ3) is 8.65. The molecule has 1 aliphatic carbocycles. The Bertz CT molecular complexity index is 2100. The molecule has 0 bridgehead atoms. The van der Waals surface area contributed by atoms with Gasteiger partial charge < -0.3 is 51.3 Å². The molecule has 12 nitrogen and oxygen atoms in total. The minimum absolute atomic E-state index is 0.229. The van der Waals surface area contributed by atoms with Gasteiger partial charge in [0.05, 0.1) is 9.87 Å². The van der Waals surface area contributed by atoms with Crippen molar-refractivity contribution in [1.29, 1.82) is 0 Å². The molecule has 1 aliphatic heterocycles. The van der Waals surface area contributed by atoms with E-state index in [1.165, 1.54) is 48.7 Å². The van der Waals surface area contributed by atoms with Gasteiger partial charge in [0.1, 0.15) is 5.01 Å². The predicted molar refractivity (Wildman–Crippen MR) is 192 cm³/mol. The van der Waals surface area contributed by atoms with Crippen molar-refractivity contribution < 1.29 is 46.0 Å². The Morgan fingerprint density at radius 1 is 0.708 bits per heavy atom. The van der Waals surface area contributed by atoms with Gasteiger partial charge >= 0.3 is 0 Å². The minimum Gasteiger partial charge on any atom is -0.504 e. The number of nitrogens with zero attached hydrogens (tertiary/aromatic N) is 1. The molecule has 0 fully saturated rings. The Morgan fingerprint density at radius 2 is 1.25 bits per heavy atom. The Labute approximate surface area is 297 Å². The summed E-state index contributed by atoms with van der Waals surface area (Å²) >= 11 is 12.8. The Hall–Kier alpha value is -5.03. The zero-order valence-corrected chi connectivity index (χ0v) is 28.9. The summed E-state index contributed by atoms with van der Waals surface area (Å²) in [6.07, 6.45) is 7.96. The number of hydrogen-bond acceptors (Lipinski definition) is 13. The lowest BCUT2D eigenvalue weighted by molar-refractivity contribution is 0.367. The van der Waals surface area contributed by atoms with Gasteiger partial charge in [-0.1, -0.05) is 56.2 Å². The number of aromatic nitrogens is 1. The molecule has 0 amide bonds. The normalized spacial score (nSPS) is 11.1. The molecule has 0 spiro atoms. The van der Waals surface area contributed by atoms with Crippen molar-refractivity contribution in [3.8, 4) is 62.2 Å². The van der Waals surface area contributed by atoms with Gasteiger partial charge in [-0.05, 0) is 71.3 Å². The van der Waals surface area contributed by atoms with Crippen LogP contribution in [-0.2, 0) is 6.54 Å². The van der Waals surface area contributed by atoms with Crippen LogP contribution in [0.2, 0.25) is 0 Å². The number of thiocarbonyl (C=S) groups is 1. The molecule has 48 heavy (non-hydrogen) atoms. The lowest BCUT2D eigenvalue weighted by Gasteiger charge is -2.08. The van der Waals surface area contributed by atoms with Crippen LogP contribution in [0.4, 0.5) is 0 Å². The minimum atomic E-state index is -0.828. The topological polar surface area (TPSA) is 224 Å². The van der Waals surface area contributed by atoms with Crippen LogP contribution in [0.1, 0.15) is 21.7 Å². The molecule has 5 rings (SSSR count). The molecule has 3 aromatic rings. The summed E-state index contributed by atoms with van der Waals surface area (Å²) < 4.78 is 1.17. The van der Waals surface area contributed by atoms with Gasteiger partial charge in [-0.3, -0.25) is 4.79 Å². The second kappa shape index (κ2) is 15.2. The van der Waals surface area contributed by atoms with E-state index in [9.17, 15) is 50.8 Å². The first-order chi connectivity index (χ1) is 22.6. The van der Waals surface area contributed by atoms with Crippen LogP contribution in [-0.4, -0.2) is 55.9 Å². The average molecular weight is 820 g/mol. The summed E-state index contributed by atoms with van der Waals surface area (Å²) in [6, 6.07) is 9.37. The Balaban J connectivity index is 0.000000217. The second-order valence-corrected chi connectivity index (χ2v) is 13.0. The van der Waals surface area contributed by atoms with Gasteiger partial charge in [-0.2, -0.15) is 0 Å². The van der Waals surface area contributed by atoms with E-state index in [4.69, 9.17) is 12.2 Å². The van der Waals surface area contributed by atoms with Crippen LogP contribution in [0.15, 0.2) is 68.5 Å². The molecule has 0 saturated heterocycles. The van der Waals surface area contributed by atoms with E-state index >= 15 is 0 Å². The molecular weight excluding hydrogens is 796 g/mol. The summed E-state index contributed by atoms with van der Waals surface area (Å²) in [5.41, 5.74) is 1.39. The number of phenols is 9. The number of rotatable bonds is 6. The van der Waals surface area contributed by atoms with Crippen LogP contribution in [0.25, 0.3) is 28.7 Å². The van der Waals surface area contributed by atoms with Crippen LogP contribution in [0, 0.1) is 0 Å². The summed E-state index contributed by atoms with van der Waals surface area (Å²) in [7, 11) is 0. The van der Waals surface area contributed by atoms with E-state index in [2.05, 4.69) is 42.2 Å². The number of phenolic OH excluding ortho intramolecular Hbond substituents is 9. The molecule has 16 heteroatoms. The van der Waals surface area contributed by atoms with Gasteiger partial charge in [0, 0.05) is 27.3 Å². The zero-order chi connectivity index (χ0) is 35.3. The first-order valence-corrected chi connectivity index (χ1v) is 16.1. The molecule has 0 aromatic heterocycles. The van der Waals surface area contributed by atoms with Crippen molar-refractivity contribution >= 4 is 78.6 Å². The summed E-state index contributed by atoms with van der Waals surface area (Å²) in [5.74, 6) is -3.42. The van der Waals surface area contributed by atoms with E-state index in [1.807, 2.05) is 0 Å². The van der Waals surface area contributed by atoms with Gasteiger partial charge in [-0.25, -0.2) is 4.98 Å². The summed E-state index contributed by atoms with van der Waals surface area (Å²) in [5, 5.41) is 88.7. The highest BCUT2D eigenvalue weighted by Gasteiger charge is 2.16. The maximum atomic E-state index is 11.6. The fraction of sp³-hybridized carbons (Fsp3) is 0.0312. The van der Waals surface area contributed by atoms with E-state index in [0.717, 1.165) is 11.3 Å². The number of fused-ring (bicyclic) bond motifs is 1. The largest absolute Gasteiger partial charge is 0.504 e. The van der Waals surface area contributed by atoms with Crippen LogP contribution >= 0.6 is 55.4 Å². The standard InChI is InChI=1S/C16H10BrNO5S.C16H14BrNO5S/c17-9-5-11(20)10(19)3-7(9)1-2-13-18-6-8-4-12(21)14(22)15(23)16(8)24-13;17-10-6-12(20)11(19)5-9(10)1-2-15(24)18-7-8-3-13(21)16(23)14(22)4-8/h1-6,19-21,23H;1-6,19-23H,7H2,(H,18,24)/b2*2-1+. The molecule has 0 saturated carbocycles. The molecule has 3 aromatic carbocycles. The Morgan fingerprint density at radius 3 is 1.83 bits per heavy atom. The molecule has 2 aliphatic rings. The van der Waals surface area contributed by atoms with Gasteiger partial charge in [0.15, 0.2) is 51.7 Å². The fourth-order valence-corrected chi connectivity index (χ4v) is 5.85. The smallest absolute Gasteiger partial charge is 0.263 e. The molecule has 0 unspecified atom stereocenters. The lowest BCUT2D eigenvalue weighted by Crippen LogP contribution is -2.18. The molecule has 0 radical (unpaired) electrons. The highest BCUT2D eigenvalue weighted by atomic mass is 79.9. The Kier molecular flexibility index (Phi) is 11.4. The number of halogens is 2. The van der Waals surface area contributed by atoms with Crippen molar-refractivity contribution in [1.82, 2.24) is 10.3 Å². The SMILES string of the molecule is O=c1c(O)cc2cnc(/C=C/c3cc(O)c(O)cc3Br)sc-2c1O.Oc1cc(Br)c(/C=C/C(=S)NCc2cc(O)c(O)c(O)c2)cc1O. The van der Waals surface area contributed by atoms with Gasteiger partial charge in [0.2, 0.25) is 0 Å². The lowest BCUT2D eigenvalue weighted by atomic mass is 10.1. The van der Waals surface area contributed by atoms with Crippen LogP contribution in [0.5, 0.6) is 51.7 Å². The molecule has 248 valence electrons. The number of aromatic hydroxyl groups is 9. The van der Waals surface area contributed by atoms with Crippen molar-refractivity contribution in [3.05, 3.63) is 95.6 Å². The monoisotopic (exact) mass is 818 g/mol. The van der Waals surface area contributed by atoms with Crippen molar-refractivity contribution in [2.24, 2.45) is 0 Å². The van der Waals surface area contributed by atoms with Gasteiger partial charge in [0.25, 0.3) is 5.43 Å². The molecule has 10 N–H and O–H groups in total. The van der Waals surface area contributed by atoms with Crippen LogP contribution < -0.4 is 10.7 Å². The molecular formula is C32H24Br2N2O10S2. The van der Waals surface area contributed by atoms with Crippen LogP contribution in [0.3, 0.4) is 0 Å². The maximum absolute atomic E-state index is 11.6. The molecule has 1 heterocycles. The number of nitrogens with one attached hydrogen (secondary N) is 1. The third-order valence-corrected chi connectivity index (χ3v) is 9.10.